The van der Waals surface area contributed by atoms with Gasteiger partial charge in [0.15, 0.2) is 0 Å². The highest BCUT2D eigenvalue weighted by Gasteiger charge is 2.20. The number of benzene rings is 1. The van der Waals surface area contributed by atoms with E-state index in [0.717, 1.165) is 17.0 Å². The lowest BCUT2D eigenvalue weighted by molar-refractivity contribution is 0.219. The second-order valence-electron chi connectivity index (χ2n) is 6.74. The van der Waals surface area contributed by atoms with E-state index in [2.05, 4.69) is 9.97 Å². The summed E-state index contributed by atoms with van der Waals surface area (Å²) in [6, 6.07) is 9.27. The third-order valence-corrected chi connectivity index (χ3v) is 4.67. The molecule has 0 fully saturated rings. The smallest absolute Gasteiger partial charge is 0.258 e. The van der Waals surface area contributed by atoms with Crippen LogP contribution < -0.4 is 9.47 Å². The second-order valence-corrected chi connectivity index (χ2v) is 7.12. The molecule has 0 saturated heterocycles. The normalized spacial score (nSPS) is 12.4. The van der Waals surface area contributed by atoms with Crippen molar-refractivity contribution < 1.29 is 14.6 Å². The van der Waals surface area contributed by atoms with Gasteiger partial charge in [-0.15, -0.1) is 0 Å². The number of nitrogens with zero attached hydrogens (tertiary/aromatic N) is 2. The van der Waals surface area contributed by atoms with Crippen molar-refractivity contribution in [3.63, 3.8) is 0 Å². The first kappa shape index (κ1) is 19.4. The maximum Gasteiger partial charge on any atom is 0.258 e. The summed E-state index contributed by atoms with van der Waals surface area (Å²) in [5.74, 6) is 0.745. The number of aromatic nitrogens is 2. The summed E-state index contributed by atoms with van der Waals surface area (Å²) in [5.41, 5.74) is 3.85. The summed E-state index contributed by atoms with van der Waals surface area (Å²) in [4.78, 5) is 8.92. The number of aliphatic hydroxyl groups is 1. The number of fused-ring (bicyclic) bond motifs is 1. The van der Waals surface area contributed by atoms with Gasteiger partial charge in [-0.1, -0.05) is 23.7 Å². The van der Waals surface area contributed by atoms with Crippen LogP contribution >= 0.6 is 11.6 Å². The summed E-state index contributed by atoms with van der Waals surface area (Å²) < 4.78 is 11.1. The summed E-state index contributed by atoms with van der Waals surface area (Å²) in [7, 11) is 1.53. The maximum atomic E-state index is 10.9. The number of methoxy groups -OCH3 is 1. The van der Waals surface area contributed by atoms with Gasteiger partial charge in [0, 0.05) is 22.3 Å². The molecule has 1 unspecified atom stereocenters. The summed E-state index contributed by atoms with van der Waals surface area (Å²) >= 11 is 6.61. The molecule has 0 saturated carbocycles. The lowest BCUT2D eigenvalue weighted by atomic mass is 9.98. The molecule has 0 aliphatic heterocycles. The Labute approximate surface area is 163 Å². The fraction of sp³-hybridized carbons (Fsp3) is 0.333. The minimum Gasteiger partial charge on any atom is -0.484 e. The zero-order chi connectivity index (χ0) is 19.7. The molecule has 1 N–H and O–H groups in total. The zero-order valence-corrected chi connectivity index (χ0v) is 16.8. The average molecular weight is 387 g/mol. The number of hydrogen-bond donors (Lipinski definition) is 1. The van der Waals surface area contributed by atoms with Crippen LogP contribution in [0.15, 0.2) is 30.3 Å². The molecule has 0 bridgehead atoms. The number of ether oxygens (including phenoxy) is 2. The number of rotatable bonds is 5. The molecule has 0 radical (unpaired) electrons. The lowest BCUT2D eigenvalue weighted by Crippen LogP contribution is -2.08. The van der Waals surface area contributed by atoms with E-state index in [-0.39, 0.29) is 6.10 Å². The van der Waals surface area contributed by atoms with Crippen LogP contribution in [0, 0.1) is 13.8 Å². The summed E-state index contributed by atoms with van der Waals surface area (Å²) in [5, 5.41) is 12.0. The van der Waals surface area contributed by atoms with E-state index in [0.29, 0.717) is 33.1 Å². The molecule has 27 heavy (non-hydrogen) atoms. The first-order valence-corrected chi connectivity index (χ1v) is 9.15. The van der Waals surface area contributed by atoms with E-state index >= 15 is 0 Å². The van der Waals surface area contributed by atoms with E-state index in [1.807, 2.05) is 58.0 Å². The monoisotopic (exact) mass is 386 g/mol. The maximum absolute atomic E-state index is 10.9. The minimum atomic E-state index is -0.810. The van der Waals surface area contributed by atoms with Crippen LogP contribution in [0.3, 0.4) is 0 Å². The van der Waals surface area contributed by atoms with Crippen LogP contribution in [0.4, 0.5) is 0 Å². The molecule has 1 aromatic carbocycles. The van der Waals surface area contributed by atoms with Crippen LogP contribution in [-0.4, -0.2) is 28.3 Å². The van der Waals surface area contributed by atoms with E-state index in [1.54, 1.807) is 0 Å². The third-order valence-electron chi connectivity index (χ3n) is 4.30. The summed E-state index contributed by atoms with van der Waals surface area (Å²) in [6.45, 7) is 7.63. The van der Waals surface area contributed by atoms with Crippen LogP contribution in [0.25, 0.3) is 10.9 Å². The van der Waals surface area contributed by atoms with Gasteiger partial charge in [0.2, 0.25) is 5.75 Å². The molecular formula is C21H23ClN2O3. The van der Waals surface area contributed by atoms with Crippen LogP contribution in [0.1, 0.15) is 42.5 Å². The van der Waals surface area contributed by atoms with Crippen molar-refractivity contribution in [2.75, 3.05) is 7.11 Å². The lowest BCUT2D eigenvalue weighted by Gasteiger charge is -2.18. The van der Waals surface area contributed by atoms with Gasteiger partial charge in [-0.2, -0.15) is 0 Å². The number of hydrogen-bond acceptors (Lipinski definition) is 5. The van der Waals surface area contributed by atoms with E-state index in [1.165, 1.54) is 7.11 Å². The molecule has 2 aromatic heterocycles. The van der Waals surface area contributed by atoms with Crippen molar-refractivity contribution in [3.8, 4) is 11.6 Å². The van der Waals surface area contributed by atoms with Gasteiger partial charge in [0.05, 0.1) is 23.8 Å². The first-order chi connectivity index (χ1) is 12.8. The molecule has 5 nitrogen and oxygen atoms in total. The highest BCUT2D eigenvalue weighted by Crippen LogP contribution is 2.40. The Kier molecular flexibility index (Phi) is 5.53. The summed E-state index contributed by atoms with van der Waals surface area (Å²) in [6.07, 6.45) is -0.888. The largest absolute Gasteiger partial charge is 0.484 e. The molecule has 6 heteroatoms. The number of aryl methyl sites for hydroxylation is 2. The first-order valence-electron chi connectivity index (χ1n) is 8.77. The Morgan fingerprint density at radius 3 is 2.44 bits per heavy atom. The van der Waals surface area contributed by atoms with Crippen LogP contribution in [0.2, 0.25) is 5.02 Å². The van der Waals surface area contributed by atoms with E-state index in [9.17, 15) is 5.11 Å². The molecule has 3 aromatic rings. The Balaban J connectivity index is 2.12. The van der Waals surface area contributed by atoms with Gasteiger partial charge >= 0.3 is 0 Å². The Bertz CT molecular complexity index is 989. The topological polar surface area (TPSA) is 64.5 Å². The minimum absolute atomic E-state index is 0.0781. The molecule has 142 valence electrons. The highest BCUT2D eigenvalue weighted by atomic mass is 35.5. The number of aliphatic hydroxyl groups excluding tert-OH is 1. The standard InChI is InChI=1S/C21H23ClN2O3/c1-11(2)27-20-18(22)16-10-14(7-9-17(16)24-21(20)26-5)19(25)15-8-6-12(3)23-13(15)4/h6-11,19,25H,1-5H3. The van der Waals surface area contributed by atoms with Crippen molar-refractivity contribution in [2.24, 2.45) is 0 Å². The molecule has 3 rings (SSSR count). The van der Waals surface area contributed by atoms with Crippen molar-refractivity contribution >= 4 is 22.5 Å². The Morgan fingerprint density at radius 2 is 1.81 bits per heavy atom. The fourth-order valence-electron chi connectivity index (χ4n) is 3.02. The van der Waals surface area contributed by atoms with Gasteiger partial charge in [0.1, 0.15) is 6.10 Å². The Hall–Kier alpha value is -2.37. The molecule has 0 aliphatic carbocycles. The fourth-order valence-corrected chi connectivity index (χ4v) is 3.29. The number of pyridine rings is 2. The van der Waals surface area contributed by atoms with Gasteiger partial charge in [-0.05, 0) is 51.5 Å². The molecule has 0 amide bonds. The highest BCUT2D eigenvalue weighted by molar-refractivity contribution is 6.37. The average Bonchev–Trinajstić information content (AvgIpc) is 2.62. The Morgan fingerprint density at radius 1 is 1.07 bits per heavy atom. The van der Waals surface area contributed by atoms with Crippen molar-refractivity contribution in [3.05, 3.63) is 57.9 Å². The molecule has 1 atom stereocenters. The quantitative estimate of drug-likeness (QED) is 0.683. The van der Waals surface area contributed by atoms with Gasteiger partial charge in [-0.25, -0.2) is 4.98 Å². The predicted octanol–water partition coefficient (Wildman–Crippen LogP) is 4.78. The van der Waals surface area contributed by atoms with Gasteiger partial charge < -0.3 is 14.6 Å². The van der Waals surface area contributed by atoms with Crippen molar-refractivity contribution in [1.29, 1.82) is 0 Å². The molecule has 0 aliphatic rings. The predicted molar refractivity (Wildman–Crippen MR) is 107 cm³/mol. The van der Waals surface area contributed by atoms with E-state index < -0.39 is 6.10 Å². The third kappa shape index (κ3) is 3.84. The molecule has 0 spiro atoms. The SMILES string of the molecule is COc1nc2ccc(C(O)c3ccc(C)nc3C)cc2c(Cl)c1OC(C)C. The molecule has 2 heterocycles. The van der Waals surface area contributed by atoms with Gasteiger partial charge in [-0.3, -0.25) is 4.98 Å². The van der Waals surface area contributed by atoms with E-state index in [4.69, 9.17) is 21.1 Å². The zero-order valence-electron chi connectivity index (χ0n) is 16.1. The second kappa shape index (κ2) is 7.71. The van der Waals surface area contributed by atoms with Crippen molar-refractivity contribution in [2.45, 2.75) is 39.9 Å². The van der Waals surface area contributed by atoms with Gasteiger partial charge in [0.25, 0.3) is 5.88 Å². The molecular weight excluding hydrogens is 364 g/mol. The van der Waals surface area contributed by atoms with Crippen molar-refractivity contribution in [1.82, 2.24) is 9.97 Å². The van der Waals surface area contributed by atoms with Crippen LogP contribution in [0.5, 0.6) is 11.6 Å². The number of halogens is 1. The van der Waals surface area contributed by atoms with Crippen LogP contribution in [-0.2, 0) is 0 Å².